The Morgan fingerprint density at radius 2 is 1.77 bits per heavy atom. The quantitative estimate of drug-likeness (QED) is 0.367. The lowest BCUT2D eigenvalue weighted by Gasteiger charge is -2.35. The molecule has 1 aromatic heterocycles. The number of benzene rings is 2. The highest BCUT2D eigenvalue weighted by Gasteiger charge is 2.21. The van der Waals surface area contributed by atoms with Gasteiger partial charge in [0.05, 0.1) is 29.1 Å². The number of nitro groups is 1. The van der Waals surface area contributed by atoms with E-state index in [1.54, 1.807) is 30.5 Å². The molecule has 1 saturated heterocycles. The molecule has 2 amide bonds. The van der Waals surface area contributed by atoms with Crippen LogP contribution in [-0.2, 0) is 6.54 Å². The molecule has 1 fully saturated rings. The monoisotopic (exact) mass is 476 g/mol. The summed E-state index contributed by atoms with van der Waals surface area (Å²) in [4.78, 5) is 32.2. The number of hydrogen-bond donors (Lipinski definition) is 2. The van der Waals surface area contributed by atoms with Gasteiger partial charge in [0.15, 0.2) is 0 Å². The van der Waals surface area contributed by atoms with Gasteiger partial charge in [0.25, 0.3) is 5.69 Å². The summed E-state index contributed by atoms with van der Waals surface area (Å²) in [5.41, 5.74) is 2.05. The van der Waals surface area contributed by atoms with E-state index in [4.69, 9.17) is 4.74 Å². The average molecular weight is 477 g/mol. The van der Waals surface area contributed by atoms with Crippen molar-refractivity contribution in [2.75, 3.05) is 48.3 Å². The van der Waals surface area contributed by atoms with Crippen molar-refractivity contribution in [1.82, 2.24) is 9.88 Å². The number of piperazine rings is 1. The number of nitrogens with zero attached hydrogens (tertiary/aromatic N) is 4. The lowest BCUT2D eigenvalue weighted by Crippen LogP contribution is -2.46. The number of pyridine rings is 1. The third-order valence-corrected chi connectivity index (χ3v) is 5.72. The molecule has 0 saturated carbocycles. The number of para-hydroxylation sites is 3. The van der Waals surface area contributed by atoms with Crippen LogP contribution >= 0.6 is 0 Å². The molecule has 0 spiro atoms. The van der Waals surface area contributed by atoms with Crippen molar-refractivity contribution >= 4 is 28.9 Å². The zero-order valence-electron chi connectivity index (χ0n) is 19.5. The number of ether oxygens (including phenoxy) is 1. The number of hydrogen-bond acceptors (Lipinski definition) is 7. The molecule has 0 bridgehead atoms. The van der Waals surface area contributed by atoms with Gasteiger partial charge in [-0.2, -0.15) is 0 Å². The zero-order chi connectivity index (χ0) is 24.6. The molecule has 1 aliphatic heterocycles. The number of nitrogens with one attached hydrogen (secondary N) is 2. The number of aromatic nitrogens is 1. The van der Waals surface area contributed by atoms with Crippen molar-refractivity contribution in [3.05, 3.63) is 82.5 Å². The third-order valence-electron chi connectivity index (χ3n) is 5.72. The van der Waals surface area contributed by atoms with Crippen LogP contribution in [0.5, 0.6) is 5.75 Å². The number of amides is 2. The molecular formula is C25H28N6O4. The van der Waals surface area contributed by atoms with Crippen molar-refractivity contribution < 1.29 is 14.5 Å². The smallest absolute Gasteiger partial charge is 0.323 e. The van der Waals surface area contributed by atoms with Crippen LogP contribution in [0.4, 0.5) is 27.7 Å². The Morgan fingerprint density at radius 3 is 2.49 bits per heavy atom. The second-order valence-electron chi connectivity index (χ2n) is 8.06. The van der Waals surface area contributed by atoms with Gasteiger partial charge in [0.2, 0.25) is 0 Å². The molecule has 10 heteroatoms. The summed E-state index contributed by atoms with van der Waals surface area (Å²) in [7, 11) is 0. The van der Waals surface area contributed by atoms with Gasteiger partial charge in [-0.3, -0.25) is 15.0 Å². The van der Waals surface area contributed by atoms with Crippen molar-refractivity contribution in [1.29, 1.82) is 0 Å². The molecule has 35 heavy (non-hydrogen) atoms. The van der Waals surface area contributed by atoms with Crippen LogP contribution < -0.4 is 20.3 Å². The minimum Gasteiger partial charge on any atom is -0.492 e. The molecule has 10 nitrogen and oxygen atoms in total. The molecule has 2 heterocycles. The van der Waals surface area contributed by atoms with Gasteiger partial charge in [0.1, 0.15) is 11.6 Å². The summed E-state index contributed by atoms with van der Waals surface area (Å²) >= 11 is 0. The first-order chi connectivity index (χ1) is 17.0. The topological polar surface area (TPSA) is 113 Å². The maximum atomic E-state index is 12.4. The number of urea groups is 1. The highest BCUT2D eigenvalue weighted by atomic mass is 16.6. The summed E-state index contributed by atoms with van der Waals surface area (Å²) in [6, 6.07) is 17.4. The van der Waals surface area contributed by atoms with Crippen LogP contribution in [0.15, 0.2) is 66.9 Å². The number of nitro benzene ring substituents is 1. The van der Waals surface area contributed by atoms with Crippen LogP contribution in [0.25, 0.3) is 0 Å². The van der Waals surface area contributed by atoms with Crippen LogP contribution in [-0.4, -0.2) is 53.6 Å². The molecule has 0 unspecified atom stereocenters. The predicted molar refractivity (Wildman–Crippen MR) is 135 cm³/mol. The fourth-order valence-corrected chi connectivity index (χ4v) is 3.98. The van der Waals surface area contributed by atoms with E-state index >= 15 is 0 Å². The lowest BCUT2D eigenvalue weighted by molar-refractivity contribution is -0.385. The van der Waals surface area contributed by atoms with E-state index in [0.29, 0.717) is 30.3 Å². The van der Waals surface area contributed by atoms with Gasteiger partial charge in [-0.25, -0.2) is 9.78 Å². The second-order valence-corrected chi connectivity index (χ2v) is 8.06. The fourth-order valence-electron chi connectivity index (χ4n) is 3.98. The van der Waals surface area contributed by atoms with Crippen molar-refractivity contribution in [2.45, 2.75) is 13.5 Å². The number of carbonyl (C=O) groups excluding carboxylic acids is 1. The first kappa shape index (κ1) is 24.0. The van der Waals surface area contributed by atoms with Crippen LogP contribution in [0.2, 0.25) is 0 Å². The van der Waals surface area contributed by atoms with Gasteiger partial charge in [0, 0.05) is 44.4 Å². The standard InChI is InChI=1S/C25H28N6O4/c1-2-35-23-10-6-4-8-21(23)28-25(32)27-20-11-12-24(26-17-20)30-15-13-29(14-16-30)18-19-7-3-5-9-22(19)31(33)34/h3-12,17H,2,13-16,18H2,1H3,(H2,27,28,32). The van der Waals surface area contributed by atoms with E-state index in [9.17, 15) is 14.9 Å². The molecule has 0 aliphatic carbocycles. The molecule has 2 aromatic carbocycles. The molecule has 1 aliphatic rings. The lowest BCUT2D eigenvalue weighted by atomic mass is 10.1. The maximum absolute atomic E-state index is 12.4. The predicted octanol–water partition coefficient (Wildman–Crippen LogP) is 4.35. The van der Waals surface area contributed by atoms with Crippen LogP contribution in [0.1, 0.15) is 12.5 Å². The summed E-state index contributed by atoms with van der Waals surface area (Å²) < 4.78 is 5.53. The van der Waals surface area contributed by atoms with E-state index in [0.717, 1.165) is 37.6 Å². The molecular weight excluding hydrogens is 448 g/mol. The van der Waals surface area contributed by atoms with E-state index < -0.39 is 0 Å². The van der Waals surface area contributed by atoms with Gasteiger partial charge in [-0.05, 0) is 31.2 Å². The minimum atomic E-state index is -0.379. The SMILES string of the molecule is CCOc1ccccc1NC(=O)Nc1ccc(N2CCN(Cc3ccccc3[N+](=O)[O-])CC2)nc1. The Hall–Kier alpha value is -4.18. The van der Waals surface area contributed by atoms with Gasteiger partial charge in [-0.1, -0.05) is 30.3 Å². The minimum absolute atomic E-state index is 0.157. The normalized spacial score (nSPS) is 13.8. The summed E-state index contributed by atoms with van der Waals surface area (Å²) in [6.45, 7) is 6.00. The van der Waals surface area contributed by atoms with Gasteiger partial charge in [-0.15, -0.1) is 0 Å². The Balaban J connectivity index is 1.29. The van der Waals surface area contributed by atoms with E-state index in [1.165, 1.54) is 0 Å². The highest BCUT2D eigenvalue weighted by molar-refractivity contribution is 6.00. The number of carbonyl (C=O) groups is 1. The first-order valence-electron chi connectivity index (χ1n) is 11.5. The highest BCUT2D eigenvalue weighted by Crippen LogP contribution is 2.24. The molecule has 3 aromatic rings. The molecule has 2 N–H and O–H groups in total. The maximum Gasteiger partial charge on any atom is 0.323 e. The Kier molecular flexibility index (Phi) is 7.74. The third kappa shape index (κ3) is 6.24. The number of rotatable bonds is 8. The van der Waals surface area contributed by atoms with E-state index in [1.807, 2.05) is 43.3 Å². The number of anilines is 3. The second kappa shape index (κ2) is 11.3. The van der Waals surface area contributed by atoms with Crippen LogP contribution in [0.3, 0.4) is 0 Å². The van der Waals surface area contributed by atoms with Gasteiger partial charge >= 0.3 is 6.03 Å². The van der Waals surface area contributed by atoms with Crippen LogP contribution in [0, 0.1) is 10.1 Å². The first-order valence-corrected chi connectivity index (χ1v) is 11.5. The molecule has 0 radical (unpaired) electrons. The molecule has 182 valence electrons. The Labute approximate surface area is 203 Å². The van der Waals surface area contributed by atoms with Crippen molar-refractivity contribution in [3.63, 3.8) is 0 Å². The zero-order valence-corrected chi connectivity index (χ0v) is 19.5. The molecule has 0 atom stereocenters. The fraction of sp³-hybridized carbons (Fsp3) is 0.280. The van der Waals surface area contributed by atoms with Gasteiger partial charge < -0.3 is 20.3 Å². The van der Waals surface area contributed by atoms with E-state index in [2.05, 4.69) is 25.4 Å². The van der Waals surface area contributed by atoms with Crippen molar-refractivity contribution in [3.8, 4) is 5.75 Å². The Bertz CT molecular complexity index is 1160. The Morgan fingerprint density at radius 1 is 1.03 bits per heavy atom. The summed E-state index contributed by atoms with van der Waals surface area (Å²) in [6.07, 6.45) is 1.63. The summed E-state index contributed by atoms with van der Waals surface area (Å²) in [5.74, 6) is 1.43. The summed E-state index contributed by atoms with van der Waals surface area (Å²) in [5, 5.41) is 16.8. The average Bonchev–Trinajstić information content (AvgIpc) is 2.86. The van der Waals surface area contributed by atoms with Crippen molar-refractivity contribution in [2.24, 2.45) is 0 Å². The van der Waals surface area contributed by atoms with E-state index in [-0.39, 0.29) is 16.6 Å². The molecule has 4 rings (SSSR count). The largest absolute Gasteiger partial charge is 0.492 e.